The molecule has 1 fully saturated rings. The molecule has 0 spiro atoms. The minimum Gasteiger partial charge on any atom is -0.384 e. The van der Waals surface area contributed by atoms with E-state index in [9.17, 15) is 0 Å². The number of nitrogen functional groups attached to an aromatic ring is 1. The molecule has 0 atom stereocenters. The number of hydrogen-bond acceptors (Lipinski definition) is 6. The first-order valence-electron chi connectivity index (χ1n) is 10.3. The molecule has 1 aliphatic rings. The molecule has 4 aromatic rings. The van der Waals surface area contributed by atoms with Crippen molar-refractivity contribution < 1.29 is 0 Å². The fourth-order valence-corrected chi connectivity index (χ4v) is 3.98. The van der Waals surface area contributed by atoms with Crippen molar-refractivity contribution in [1.29, 1.82) is 0 Å². The van der Waals surface area contributed by atoms with Crippen LogP contribution in [-0.4, -0.2) is 51.0 Å². The van der Waals surface area contributed by atoms with Gasteiger partial charge in [0.05, 0.1) is 11.0 Å². The number of fused-ring (bicyclic) bond motifs is 1. The Kier molecular flexibility index (Phi) is 5.13. The Bertz CT molecular complexity index is 1160. The van der Waals surface area contributed by atoms with Crippen molar-refractivity contribution in [3.05, 3.63) is 71.9 Å². The van der Waals surface area contributed by atoms with Crippen LogP contribution in [0.4, 0.5) is 5.82 Å². The summed E-state index contributed by atoms with van der Waals surface area (Å²) in [4.78, 5) is 19.3. The van der Waals surface area contributed by atoms with Crippen molar-refractivity contribution in [2.75, 3.05) is 31.9 Å². The third kappa shape index (κ3) is 4.17. The molecule has 0 amide bonds. The smallest absolute Gasteiger partial charge is 0.123 e. The summed E-state index contributed by atoms with van der Waals surface area (Å²) < 4.78 is 0. The third-order valence-corrected chi connectivity index (χ3v) is 5.49. The molecule has 1 saturated heterocycles. The predicted molar refractivity (Wildman–Crippen MR) is 119 cm³/mol. The zero-order valence-electron chi connectivity index (χ0n) is 16.8. The van der Waals surface area contributed by atoms with Gasteiger partial charge in [0.1, 0.15) is 11.6 Å². The predicted octanol–water partition coefficient (Wildman–Crippen LogP) is 2.60. The lowest BCUT2D eigenvalue weighted by Crippen LogP contribution is -2.42. The number of hydrogen-bond donors (Lipinski definition) is 3. The summed E-state index contributed by atoms with van der Waals surface area (Å²) >= 11 is 0. The highest BCUT2D eigenvalue weighted by Crippen LogP contribution is 2.24. The zero-order valence-corrected chi connectivity index (χ0v) is 16.8. The number of aromatic amines is 1. The van der Waals surface area contributed by atoms with Gasteiger partial charge >= 0.3 is 0 Å². The van der Waals surface area contributed by atoms with E-state index in [1.807, 2.05) is 24.4 Å². The second-order valence-electron chi connectivity index (χ2n) is 7.74. The van der Waals surface area contributed by atoms with Gasteiger partial charge in [0, 0.05) is 57.2 Å². The first-order chi connectivity index (χ1) is 14.7. The van der Waals surface area contributed by atoms with Crippen LogP contribution in [0.3, 0.4) is 0 Å². The maximum absolute atomic E-state index is 5.83. The number of nitrogens with zero attached hydrogens (tertiary/aromatic N) is 4. The van der Waals surface area contributed by atoms with Gasteiger partial charge in [-0.2, -0.15) is 0 Å². The normalized spacial score (nSPS) is 14.9. The Morgan fingerprint density at radius 1 is 0.933 bits per heavy atom. The number of benzene rings is 1. The van der Waals surface area contributed by atoms with Crippen LogP contribution in [-0.2, 0) is 13.0 Å². The molecule has 4 N–H and O–H groups in total. The molecule has 0 bridgehead atoms. The second kappa shape index (κ2) is 8.22. The highest BCUT2D eigenvalue weighted by atomic mass is 15.2. The lowest BCUT2D eigenvalue weighted by molar-refractivity contribution is 0.233. The summed E-state index contributed by atoms with van der Waals surface area (Å²) in [5.41, 5.74) is 12.2. The van der Waals surface area contributed by atoms with Crippen LogP contribution in [0.1, 0.15) is 17.1 Å². The van der Waals surface area contributed by atoms with E-state index in [1.54, 1.807) is 6.20 Å². The van der Waals surface area contributed by atoms with Crippen molar-refractivity contribution in [2.45, 2.75) is 13.0 Å². The maximum Gasteiger partial charge on any atom is 0.123 e. The van der Waals surface area contributed by atoms with Crippen LogP contribution >= 0.6 is 0 Å². The Hall–Kier alpha value is -3.29. The van der Waals surface area contributed by atoms with Gasteiger partial charge in [-0.1, -0.05) is 6.07 Å². The van der Waals surface area contributed by atoms with Crippen molar-refractivity contribution in [2.24, 2.45) is 0 Å². The molecular formula is C23H25N7. The molecule has 7 heteroatoms. The van der Waals surface area contributed by atoms with Crippen LogP contribution in [0, 0.1) is 0 Å². The van der Waals surface area contributed by atoms with E-state index in [0.717, 1.165) is 66.4 Å². The van der Waals surface area contributed by atoms with Crippen LogP contribution in [0.15, 0.2) is 54.9 Å². The topological polar surface area (TPSA) is 95.7 Å². The molecule has 7 nitrogen and oxygen atoms in total. The summed E-state index contributed by atoms with van der Waals surface area (Å²) in [6.45, 7) is 5.27. The molecule has 4 heterocycles. The fourth-order valence-electron chi connectivity index (χ4n) is 3.98. The first kappa shape index (κ1) is 18.7. The van der Waals surface area contributed by atoms with Crippen molar-refractivity contribution in [3.8, 4) is 11.1 Å². The molecule has 5 rings (SSSR count). The number of anilines is 1. The van der Waals surface area contributed by atoms with E-state index in [0.29, 0.717) is 12.2 Å². The number of rotatable bonds is 5. The van der Waals surface area contributed by atoms with Gasteiger partial charge in [-0.15, -0.1) is 0 Å². The number of H-pyrrole nitrogens is 1. The summed E-state index contributed by atoms with van der Waals surface area (Å²) in [5, 5.41) is 3.40. The van der Waals surface area contributed by atoms with E-state index in [-0.39, 0.29) is 0 Å². The highest BCUT2D eigenvalue weighted by Gasteiger charge is 2.11. The third-order valence-electron chi connectivity index (χ3n) is 5.49. The van der Waals surface area contributed by atoms with Crippen LogP contribution < -0.4 is 11.1 Å². The number of aromatic nitrogens is 4. The Morgan fingerprint density at radius 3 is 2.63 bits per heavy atom. The molecule has 0 aliphatic carbocycles. The molecular weight excluding hydrogens is 374 g/mol. The van der Waals surface area contributed by atoms with Gasteiger partial charge in [-0.05, 0) is 53.1 Å². The fraction of sp³-hybridized carbons (Fsp3) is 0.261. The number of nitrogens with one attached hydrogen (secondary N) is 2. The van der Waals surface area contributed by atoms with Gasteiger partial charge in [0.15, 0.2) is 0 Å². The van der Waals surface area contributed by atoms with Crippen molar-refractivity contribution in [3.63, 3.8) is 0 Å². The lowest BCUT2D eigenvalue weighted by atomic mass is 10.1. The lowest BCUT2D eigenvalue weighted by Gasteiger charge is -2.27. The summed E-state index contributed by atoms with van der Waals surface area (Å²) in [6, 6.07) is 14.4. The maximum atomic E-state index is 5.83. The van der Waals surface area contributed by atoms with Crippen molar-refractivity contribution >= 4 is 16.9 Å². The molecule has 30 heavy (non-hydrogen) atoms. The molecule has 1 aliphatic heterocycles. The largest absolute Gasteiger partial charge is 0.384 e. The second-order valence-corrected chi connectivity index (χ2v) is 7.74. The Balaban J connectivity index is 1.34. The first-order valence-corrected chi connectivity index (χ1v) is 10.3. The average molecular weight is 400 g/mol. The van der Waals surface area contributed by atoms with Gasteiger partial charge in [0.25, 0.3) is 0 Å². The molecule has 0 unspecified atom stereocenters. The molecule has 0 radical (unpaired) electrons. The van der Waals surface area contributed by atoms with Gasteiger partial charge in [-0.25, -0.2) is 9.97 Å². The van der Waals surface area contributed by atoms with Crippen LogP contribution in [0.2, 0.25) is 0 Å². The number of piperazine rings is 1. The number of nitrogens with two attached hydrogens (primary N) is 1. The number of imidazole rings is 1. The molecule has 0 saturated carbocycles. The zero-order chi connectivity index (χ0) is 20.3. The summed E-state index contributed by atoms with van der Waals surface area (Å²) in [7, 11) is 0. The Morgan fingerprint density at radius 2 is 1.77 bits per heavy atom. The van der Waals surface area contributed by atoms with Gasteiger partial charge in [-0.3, -0.25) is 9.88 Å². The van der Waals surface area contributed by atoms with Gasteiger partial charge in [0.2, 0.25) is 0 Å². The minimum atomic E-state index is 0.518. The SMILES string of the molecule is Nc1cc(-c2ccc3nc(Cc4cc(CN5CCNCC5)ccn4)[nH]c3c2)ccn1. The van der Waals surface area contributed by atoms with Crippen LogP contribution in [0.5, 0.6) is 0 Å². The van der Waals surface area contributed by atoms with Gasteiger partial charge < -0.3 is 16.0 Å². The quantitative estimate of drug-likeness (QED) is 0.477. The average Bonchev–Trinajstić information content (AvgIpc) is 3.16. The number of pyridine rings is 2. The molecule has 1 aromatic carbocycles. The standard InChI is InChI=1S/C23H25N7/c24-22-13-18(4-6-27-22)17-1-2-20-21(12-17)29-23(28-20)14-19-11-16(3-5-26-19)15-30-9-7-25-8-10-30/h1-6,11-13,25H,7-10,14-15H2,(H2,24,27)(H,28,29). The van der Waals surface area contributed by atoms with Crippen molar-refractivity contribution in [1.82, 2.24) is 30.2 Å². The van der Waals surface area contributed by atoms with E-state index in [1.165, 1.54) is 5.56 Å². The highest BCUT2D eigenvalue weighted by molar-refractivity contribution is 5.82. The Labute approximate surface area is 175 Å². The minimum absolute atomic E-state index is 0.518. The molecule has 152 valence electrons. The molecule has 3 aromatic heterocycles. The summed E-state index contributed by atoms with van der Waals surface area (Å²) in [5.74, 6) is 1.44. The summed E-state index contributed by atoms with van der Waals surface area (Å²) in [6.07, 6.45) is 4.31. The van der Waals surface area contributed by atoms with E-state index < -0.39 is 0 Å². The van der Waals surface area contributed by atoms with Crippen LogP contribution in [0.25, 0.3) is 22.2 Å². The van der Waals surface area contributed by atoms with E-state index in [4.69, 9.17) is 10.7 Å². The van der Waals surface area contributed by atoms with E-state index in [2.05, 4.69) is 49.4 Å². The van der Waals surface area contributed by atoms with E-state index >= 15 is 0 Å². The monoisotopic (exact) mass is 399 g/mol.